The summed E-state index contributed by atoms with van der Waals surface area (Å²) in [5, 5.41) is 10.9. The monoisotopic (exact) mass is 286 g/mol. The molecule has 0 aromatic heterocycles. The molecule has 0 saturated heterocycles. The van der Waals surface area contributed by atoms with Gasteiger partial charge >= 0.3 is 0 Å². The van der Waals surface area contributed by atoms with Gasteiger partial charge in [0.15, 0.2) is 0 Å². The third-order valence-corrected chi connectivity index (χ3v) is 3.88. The molecule has 1 atom stereocenters. The lowest BCUT2D eigenvalue weighted by atomic mass is 9.96. The fraction of sp³-hybridized carbons (Fsp3) is 0.250. The van der Waals surface area contributed by atoms with E-state index in [9.17, 15) is 14.5 Å². The Labute approximate surface area is 122 Å². The van der Waals surface area contributed by atoms with E-state index in [0.29, 0.717) is 5.69 Å². The summed E-state index contributed by atoms with van der Waals surface area (Å²) in [6.45, 7) is 2.05. The van der Waals surface area contributed by atoms with Gasteiger partial charge in [0.1, 0.15) is 5.82 Å². The van der Waals surface area contributed by atoms with Crippen LogP contribution in [-0.2, 0) is 6.42 Å². The Kier molecular flexibility index (Phi) is 3.33. The van der Waals surface area contributed by atoms with Crippen LogP contribution in [0, 0.1) is 15.9 Å². The zero-order valence-corrected chi connectivity index (χ0v) is 11.6. The van der Waals surface area contributed by atoms with E-state index < -0.39 is 10.7 Å². The Hall–Kier alpha value is -2.43. The van der Waals surface area contributed by atoms with Crippen molar-refractivity contribution in [2.45, 2.75) is 25.8 Å². The van der Waals surface area contributed by atoms with Gasteiger partial charge in [0.05, 0.1) is 16.7 Å². The largest absolute Gasteiger partial charge is 0.338 e. The smallest absolute Gasteiger partial charge is 0.274 e. The van der Waals surface area contributed by atoms with Crippen LogP contribution < -0.4 is 4.90 Å². The Morgan fingerprint density at radius 1 is 1.29 bits per heavy atom. The van der Waals surface area contributed by atoms with Crippen LogP contribution in [0.1, 0.15) is 18.9 Å². The molecule has 2 aromatic rings. The average molecular weight is 286 g/mol. The third kappa shape index (κ3) is 2.46. The summed E-state index contributed by atoms with van der Waals surface area (Å²) in [6.07, 6.45) is 1.90. The van der Waals surface area contributed by atoms with Gasteiger partial charge in [0.25, 0.3) is 5.69 Å². The van der Waals surface area contributed by atoms with Crippen molar-refractivity contribution in [3.05, 3.63) is 64.0 Å². The lowest BCUT2D eigenvalue weighted by Gasteiger charge is -2.37. The number of para-hydroxylation sites is 1. The number of halogens is 1. The highest BCUT2D eigenvalue weighted by Gasteiger charge is 2.25. The minimum atomic E-state index is -0.588. The molecule has 5 heteroatoms. The molecule has 0 N–H and O–H groups in total. The fourth-order valence-electron chi connectivity index (χ4n) is 2.89. The fourth-order valence-corrected chi connectivity index (χ4v) is 2.89. The molecule has 21 heavy (non-hydrogen) atoms. The molecule has 0 amide bonds. The van der Waals surface area contributed by atoms with E-state index in [-0.39, 0.29) is 11.7 Å². The van der Waals surface area contributed by atoms with Gasteiger partial charge in [-0.1, -0.05) is 18.2 Å². The van der Waals surface area contributed by atoms with Gasteiger partial charge in [0, 0.05) is 17.8 Å². The molecule has 0 bridgehead atoms. The molecular weight excluding hydrogens is 271 g/mol. The third-order valence-electron chi connectivity index (χ3n) is 3.88. The number of non-ortho nitro benzene ring substituents is 1. The van der Waals surface area contributed by atoms with Gasteiger partial charge in [0.2, 0.25) is 0 Å². The Morgan fingerprint density at radius 2 is 2.05 bits per heavy atom. The number of hydrogen-bond donors (Lipinski definition) is 0. The van der Waals surface area contributed by atoms with Gasteiger partial charge < -0.3 is 4.90 Å². The van der Waals surface area contributed by atoms with Crippen molar-refractivity contribution >= 4 is 17.1 Å². The quantitative estimate of drug-likeness (QED) is 0.613. The van der Waals surface area contributed by atoms with Crippen LogP contribution in [0.3, 0.4) is 0 Å². The number of nitro groups is 1. The standard InChI is InChI=1S/C16H15FN2O2/c1-11-6-7-12-4-2-3-5-16(12)18(11)14-8-13(17)9-15(10-14)19(20)21/h2-5,8-11H,6-7H2,1H3. The summed E-state index contributed by atoms with van der Waals surface area (Å²) in [4.78, 5) is 12.4. The normalized spacial score (nSPS) is 17.4. The minimum Gasteiger partial charge on any atom is -0.338 e. The zero-order chi connectivity index (χ0) is 15.0. The first-order valence-electron chi connectivity index (χ1n) is 6.88. The maximum Gasteiger partial charge on any atom is 0.274 e. The first-order chi connectivity index (χ1) is 10.1. The second-order valence-corrected chi connectivity index (χ2v) is 5.31. The summed E-state index contributed by atoms with van der Waals surface area (Å²) in [6, 6.07) is 11.8. The number of anilines is 2. The molecule has 0 spiro atoms. The van der Waals surface area contributed by atoms with Crippen LogP contribution in [0.15, 0.2) is 42.5 Å². The first kappa shape index (κ1) is 13.5. The van der Waals surface area contributed by atoms with Crippen molar-refractivity contribution in [1.29, 1.82) is 0 Å². The summed E-state index contributed by atoms with van der Waals surface area (Å²) in [5.41, 5.74) is 2.49. The Morgan fingerprint density at radius 3 is 2.81 bits per heavy atom. The zero-order valence-electron chi connectivity index (χ0n) is 11.6. The topological polar surface area (TPSA) is 46.4 Å². The molecule has 1 aliphatic rings. The van der Waals surface area contributed by atoms with Crippen LogP contribution in [0.2, 0.25) is 0 Å². The predicted octanol–water partition coefficient (Wildman–Crippen LogP) is 4.21. The minimum absolute atomic E-state index is 0.168. The van der Waals surface area contributed by atoms with Gasteiger partial charge in [-0.15, -0.1) is 0 Å². The van der Waals surface area contributed by atoms with E-state index in [1.165, 1.54) is 17.7 Å². The van der Waals surface area contributed by atoms with Crippen LogP contribution in [-0.4, -0.2) is 11.0 Å². The maximum atomic E-state index is 13.7. The van der Waals surface area contributed by atoms with E-state index in [4.69, 9.17) is 0 Å². The molecule has 4 nitrogen and oxygen atoms in total. The highest BCUT2D eigenvalue weighted by atomic mass is 19.1. The molecule has 0 aliphatic carbocycles. The van der Waals surface area contributed by atoms with Crippen molar-refractivity contribution in [2.75, 3.05) is 4.90 Å². The van der Waals surface area contributed by atoms with E-state index in [2.05, 4.69) is 0 Å². The SMILES string of the molecule is CC1CCc2ccccc2N1c1cc(F)cc([N+](=O)[O-])c1. The number of rotatable bonds is 2. The summed E-state index contributed by atoms with van der Waals surface area (Å²) < 4.78 is 13.7. The van der Waals surface area contributed by atoms with E-state index in [0.717, 1.165) is 24.6 Å². The number of nitrogens with zero attached hydrogens (tertiary/aromatic N) is 2. The predicted molar refractivity (Wildman–Crippen MR) is 79.4 cm³/mol. The van der Waals surface area contributed by atoms with Gasteiger partial charge in [-0.25, -0.2) is 4.39 Å². The summed E-state index contributed by atoms with van der Waals surface area (Å²) in [7, 11) is 0. The van der Waals surface area contributed by atoms with Crippen LogP contribution in [0.4, 0.5) is 21.5 Å². The molecular formula is C16H15FN2O2. The molecule has 1 aliphatic heterocycles. The number of nitro benzene ring substituents is 1. The highest BCUT2D eigenvalue weighted by molar-refractivity contribution is 5.70. The first-order valence-corrected chi connectivity index (χ1v) is 6.88. The molecule has 3 rings (SSSR count). The lowest BCUT2D eigenvalue weighted by molar-refractivity contribution is -0.385. The lowest BCUT2D eigenvalue weighted by Crippen LogP contribution is -2.33. The Bertz CT molecular complexity index is 702. The van der Waals surface area contributed by atoms with Crippen molar-refractivity contribution in [3.8, 4) is 0 Å². The molecule has 1 unspecified atom stereocenters. The highest BCUT2D eigenvalue weighted by Crippen LogP contribution is 2.38. The van der Waals surface area contributed by atoms with Crippen molar-refractivity contribution in [3.63, 3.8) is 0 Å². The maximum absolute atomic E-state index is 13.7. The summed E-state index contributed by atoms with van der Waals surface area (Å²) in [5.74, 6) is -0.588. The second-order valence-electron chi connectivity index (χ2n) is 5.31. The van der Waals surface area contributed by atoms with Crippen molar-refractivity contribution < 1.29 is 9.31 Å². The molecule has 1 heterocycles. The summed E-state index contributed by atoms with van der Waals surface area (Å²) >= 11 is 0. The average Bonchev–Trinajstić information content (AvgIpc) is 2.46. The van der Waals surface area contributed by atoms with E-state index in [1.807, 2.05) is 36.1 Å². The van der Waals surface area contributed by atoms with Gasteiger partial charge in [-0.05, 0) is 37.5 Å². The molecule has 0 radical (unpaired) electrons. The second kappa shape index (κ2) is 5.16. The van der Waals surface area contributed by atoms with Gasteiger partial charge in [-0.2, -0.15) is 0 Å². The molecule has 2 aromatic carbocycles. The molecule has 0 saturated carbocycles. The van der Waals surface area contributed by atoms with Crippen molar-refractivity contribution in [1.82, 2.24) is 0 Å². The van der Waals surface area contributed by atoms with Gasteiger partial charge in [-0.3, -0.25) is 10.1 Å². The number of hydrogen-bond acceptors (Lipinski definition) is 3. The van der Waals surface area contributed by atoms with Crippen LogP contribution >= 0.6 is 0 Å². The van der Waals surface area contributed by atoms with Crippen molar-refractivity contribution in [2.24, 2.45) is 0 Å². The van der Waals surface area contributed by atoms with Crippen LogP contribution in [0.5, 0.6) is 0 Å². The molecule has 0 fully saturated rings. The van der Waals surface area contributed by atoms with E-state index in [1.54, 1.807) is 0 Å². The number of aryl methyl sites for hydroxylation is 1. The van der Waals surface area contributed by atoms with Crippen LogP contribution in [0.25, 0.3) is 0 Å². The number of fused-ring (bicyclic) bond motifs is 1. The van der Waals surface area contributed by atoms with E-state index >= 15 is 0 Å². The molecule has 108 valence electrons. The number of benzene rings is 2. The Balaban J connectivity index is 2.13.